The fourth-order valence-corrected chi connectivity index (χ4v) is 2.09. The largest absolute Gasteiger partial charge is 0.504 e. The van der Waals surface area contributed by atoms with Crippen LogP contribution >= 0.6 is 0 Å². The lowest BCUT2D eigenvalue weighted by atomic mass is 10.1. The van der Waals surface area contributed by atoms with Crippen molar-refractivity contribution < 1.29 is 24.2 Å². The van der Waals surface area contributed by atoms with Gasteiger partial charge in [0.2, 0.25) is 0 Å². The quantitative estimate of drug-likeness (QED) is 0.623. The molecule has 0 radical (unpaired) electrons. The number of amides is 1. The van der Waals surface area contributed by atoms with E-state index in [0.717, 1.165) is 0 Å². The molecule has 25 heavy (non-hydrogen) atoms. The van der Waals surface area contributed by atoms with Crippen molar-refractivity contribution >= 4 is 18.0 Å². The van der Waals surface area contributed by atoms with Gasteiger partial charge < -0.3 is 19.9 Å². The van der Waals surface area contributed by atoms with E-state index in [0.29, 0.717) is 11.1 Å². The van der Waals surface area contributed by atoms with Crippen molar-refractivity contribution in [2.24, 2.45) is 0 Å². The third kappa shape index (κ3) is 4.84. The van der Waals surface area contributed by atoms with E-state index in [1.54, 1.807) is 49.4 Å². The summed E-state index contributed by atoms with van der Waals surface area (Å²) in [5.41, 5.74) is 0.968. The normalized spacial score (nSPS) is 10.9. The molecule has 0 aromatic heterocycles. The van der Waals surface area contributed by atoms with E-state index in [1.165, 1.54) is 19.3 Å². The topological polar surface area (TPSA) is 84.9 Å². The third-order valence-corrected chi connectivity index (χ3v) is 3.29. The van der Waals surface area contributed by atoms with Gasteiger partial charge >= 0.3 is 5.97 Å². The lowest BCUT2D eigenvalue weighted by Crippen LogP contribution is -2.28. The first-order valence-electron chi connectivity index (χ1n) is 7.67. The molecule has 0 fully saturated rings. The van der Waals surface area contributed by atoms with Gasteiger partial charge in [0, 0.05) is 5.56 Å². The lowest BCUT2D eigenvalue weighted by molar-refractivity contribution is -0.138. The third-order valence-electron chi connectivity index (χ3n) is 3.29. The molecule has 0 aliphatic rings. The van der Waals surface area contributed by atoms with E-state index in [2.05, 4.69) is 5.32 Å². The molecule has 2 aromatic rings. The number of hydrogen-bond donors (Lipinski definition) is 2. The van der Waals surface area contributed by atoms with Crippen LogP contribution in [0.25, 0.3) is 6.08 Å². The van der Waals surface area contributed by atoms with Crippen molar-refractivity contribution in [3.8, 4) is 11.5 Å². The van der Waals surface area contributed by atoms with E-state index >= 15 is 0 Å². The van der Waals surface area contributed by atoms with Gasteiger partial charge in [0.25, 0.3) is 5.91 Å². The molecule has 0 saturated heterocycles. The standard InChI is InChI=1S/C19H19NO5/c1-3-25-19(23)15(20-18(22)14-7-5-4-6-8-14)11-13-9-10-16(21)17(12-13)24-2/h4-12,21H,3H2,1-2H3,(H,20,22). The Hall–Kier alpha value is -3.28. The maximum absolute atomic E-state index is 12.3. The minimum Gasteiger partial charge on any atom is -0.504 e. The van der Waals surface area contributed by atoms with E-state index in [1.807, 2.05) is 0 Å². The Morgan fingerprint density at radius 3 is 2.52 bits per heavy atom. The highest BCUT2D eigenvalue weighted by atomic mass is 16.5. The Labute approximate surface area is 145 Å². The second-order valence-corrected chi connectivity index (χ2v) is 5.03. The average molecular weight is 341 g/mol. The molecule has 1 amide bonds. The average Bonchev–Trinajstić information content (AvgIpc) is 2.63. The molecule has 0 aliphatic heterocycles. The van der Waals surface area contributed by atoms with Crippen LogP contribution in [0.5, 0.6) is 11.5 Å². The Balaban J connectivity index is 2.32. The molecule has 0 spiro atoms. The second kappa shape index (κ2) is 8.54. The maximum Gasteiger partial charge on any atom is 0.354 e. The number of methoxy groups -OCH3 is 1. The minimum atomic E-state index is -0.654. The number of aromatic hydroxyl groups is 1. The van der Waals surface area contributed by atoms with Gasteiger partial charge in [-0.25, -0.2) is 4.79 Å². The van der Waals surface area contributed by atoms with Crippen molar-refractivity contribution in [1.29, 1.82) is 0 Å². The Morgan fingerprint density at radius 2 is 1.88 bits per heavy atom. The van der Waals surface area contributed by atoms with Gasteiger partial charge in [-0.05, 0) is 42.8 Å². The number of ether oxygens (including phenoxy) is 2. The smallest absolute Gasteiger partial charge is 0.354 e. The van der Waals surface area contributed by atoms with Crippen LogP contribution in [0.15, 0.2) is 54.2 Å². The molecule has 2 aromatic carbocycles. The van der Waals surface area contributed by atoms with E-state index in [9.17, 15) is 14.7 Å². The fraction of sp³-hybridized carbons (Fsp3) is 0.158. The first-order valence-corrected chi connectivity index (χ1v) is 7.67. The monoisotopic (exact) mass is 341 g/mol. The van der Waals surface area contributed by atoms with E-state index < -0.39 is 11.9 Å². The van der Waals surface area contributed by atoms with Crippen LogP contribution in [0.3, 0.4) is 0 Å². The van der Waals surface area contributed by atoms with Gasteiger partial charge in [0.1, 0.15) is 5.70 Å². The molecular weight excluding hydrogens is 322 g/mol. The van der Waals surface area contributed by atoms with Crippen molar-refractivity contribution in [1.82, 2.24) is 5.32 Å². The van der Waals surface area contributed by atoms with Gasteiger partial charge in [0.05, 0.1) is 13.7 Å². The molecule has 0 saturated carbocycles. The number of esters is 1. The summed E-state index contributed by atoms with van der Waals surface area (Å²) in [5, 5.41) is 12.2. The molecule has 6 heteroatoms. The van der Waals surface area contributed by atoms with Crippen molar-refractivity contribution in [3.63, 3.8) is 0 Å². The van der Waals surface area contributed by atoms with Gasteiger partial charge in [-0.2, -0.15) is 0 Å². The fourth-order valence-electron chi connectivity index (χ4n) is 2.09. The number of phenols is 1. The van der Waals surface area contributed by atoms with E-state index in [-0.39, 0.29) is 23.8 Å². The van der Waals surface area contributed by atoms with Crippen molar-refractivity contribution in [3.05, 3.63) is 65.4 Å². The summed E-state index contributed by atoms with van der Waals surface area (Å²) < 4.78 is 10.0. The number of carbonyl (C=O) groups is 2. The van der Waals surface area contributed by atoms with Crippen LogP contribution in [-0.4, -0.2) is 30.7 Å². The molecule has 2 rings (SSSR count). The molecule has 0 aliphatic carbocycles. The summed E-state index contributed by atoms with van der Waals surface area (Å²) in [5.74, 6) is -0.846. The van der Waals surface area contributed by atoms with Gasteiger partial charge in [0.15, 0.2) is 11.5 Å². The molecule has 0 atom stereocenters. The maximum atomic E-state index is 12.3. The molecule has 0 unspecified atom stereocenters. The predicted molar refractivity (Wildman–Crippen MR) is 93.2 cm³/mol. The summed E-state index contributed by atoms with van der Waals surface area (Å²) >= 11 is 0. The summed E-state index contributed by atoms with van der Waals surface area (Å²) in [6, 6.07) is 13.1. The molecule has 6 nitrogen and oxygen atoms in total. The first-order chi connectivity index (χ1) is 12.0. The number of rotatable bonds is 6. The van der Waals surface area contributed by atoms with Crippen LogP contribution < -0.4 is 10.1 Å². The summed E-state index contributed by atoms with van der Waals surface area (Å²) in [6.07, 6.45) is 1.46. The highest BCUT2D eigenvalue weighted by molar-refractivity contribution is 6.03. The van der Waals surface area contributed by atoms with Crippen molar-refractivity contribution in [2.75, 3.05) is 13.7 Å². The second-order valence-electron chi connectivity index (χ2n) is 5.03. The summed E-state index contributed by atoms with van der Waals surface area (Å²) in [7, 11) is 1.42. The highest BCUT2D eigenvalue weighted by Gasteiger charge is 2.16. The zero-order valence-corrected chi connectivity index (χ0v) is 14.0. The molecule has 0 bridgehead atoms. The minimum absolute atomic E-state index is 0.0107. The number of hydrogen-bond acceptors (Lipinski definition) is 5. The first kappa shape index (κ1) is 18.1. The Kier molecular flexibility index (Phi) is 6.17. The van der Waals surface area contributed by atoms with Gasteiger partial charge in [-0.1, -0.05) is 24.3 Å². The van der Waals surface area contributed by atoms with Crippen LogP contribution in [0.2, 0.25) is 0 Å². The summed E-state index contributed by atoms with van der Waals surface area (Å²) in [6.45, 7) is 1.86. The number of carbonyl (C=O) groups excluding carboxylic acids is 2. The number of nitrogens with one attached hydrogen (secondary N) is 1. The van der Waals surface area contributed by atoms with Crippen LogP contribution in [0, 0.1) is 0 Å². The molecule has 130 valence electrons. The Morgan fingerprint density at radius 1 is 1.16 bits per heavy atom. The predicted octanol–water partition coefficient (Wildman–Crippen LogP) is 2.73. The Bertz CT molecular complexity index is 784. The summed E-state index contributed by atoms with van der Waals surface area (Å²) in [4.78, 5) is 24.5. The van der Waals surface area contributed by atoms with Crippen LogP contribution in [0.4, 0.5) is 0 Å². The zero-order chi connectivity index (χ0) is 18.2. The lowest BCUT2D eigenvalue weighted by Gasteiger charge is -2.10. The highest BCUT2D eigenvalue weighted by Crippen LogP contribution is 2.27. The zero-order valence-electron chi connectivity index (χ0n) is 14.0. The van der Waals surface area contributed by atoms with Crippen molar-refractivity contribution in [2.45, 2.75) is 6.92 Å². The SMILES string of the molecule is CCOC(=O)C(=Cc1ccc(O)c(OC)c1)NC(=O)c1ccccc1. The van der Waals surface area contributed by atoms with Gasteiger partial charge in [-0.3, -0.25) is 4.79 Å². The number of benzene rings is 2. The van der Waals surface area contributed by atoms with Crippen LogP contribution in [-0.2, 0) is 9.53 Å². The molecular formula is C19H19NO5. The molecule has 0 heterocycles. The molecule has 2 N–H and O–H groups in total. The number of phenolic OH excluding ortho intramolecular Hbond substituents is 1. The van der Waals surface area contributed by atoms with E-state index in [4.69, 9.17) is 9.47 Å². The van der Waals surface area contributed by atoms with Gasteiger partial charge in [-0.15, -0.1) is 0 Å². The van der Waals surface area contributed by atoms with Crippen LogP contribution in [0.1, 0.15) is 22.8 Å².